The fourth-order valence-electron chi connectivity index (χ4n) is 5.55. The summed E-state index contributed by atoms with van der Waals surface area (Å²) < 4.78 is 5.11. The molecule has 2 amide bonds. The number of methoxy groups -OCH3 is 1. The number of benzene rings is 3. The zero-order valence-corrected chi connectivity index (χ0v) is 22.1. The average molecular weight is 512 g/mol. The molecule has 1 saturated heterocycles. The van der Waals surface area contributed by atoms with Gasteiger partial charge in [-0.3, -0.25) is 9.59 Å². The molecule has 1 aliphatic heterocycles. The number of rotatable bonds is 10. The monoisotopic (exact) mass is 511 g/mol. The fourth-order valence-corrected chi connectivity index (χ4v) is 5.55. The molecule has 2 aliphatic rings. The Morgan fingerprint density at radius 1 is 0.947 bits per heavy atom. The van der Waals surface area contributed by atoms with Crippen molar-refractivity contribution in [3.05, 3.63) is 95.6 Å². The first-order chi connectivity index (χ1) is 18.6. The number of carbonyl (C=O) groups is 2. The molecule has 2 unspecified atom stereocenters. The van der Waals surface area contributed by atoms with Crippen molar-refractivity contribution in [2.45, 2.75) is 31.6 Å². The Morgan fingerprint density at radius 2 is 1.66 bits per heavy atom. The van der Waals surface area contributed by atoms with Crippen LogP contribution in [0.5, 0.6) is 0 Å². The van der Waals surface area contributed by atoms with Crippen LogP contribution in [0.15, 0.2) is 78.9 Å². The van der Waals surface area contributed by atoms with Crippen LogP contribution in [0.25, 0.3) is 0 Å². The predicted octanol–water partition coefficient (Wildman–Crippen LogP) is 5.26. The van der Waals surface area contributed by atoms with Crippen molar-refractivity contribution >= 4 is 23.2 Å². The van der Waals surface area contributed by atoms with Crippen molar-refractivity contribution in [1.82, 2.24) is 5.32 Å². The van der Waals surface area contributed by atoms with Crippen LogP contribution in [0, 0.1) is 11.8 Å². The first-order valence-corrected chi connectivity index (χ1v) is 13.7. The number of anilines is 2. The lowest BCUT2D eigenvalue weighted by atomic mass is 9.89. The Kier molecular flexibility index (Phi) is 8.39. The molecule has 6 nitrogen and oxygen atoms in total. The van der Waals surface area contributed by atoms with Gasteiger partial charge in [-0.2, -0.15) is 0 Å². The molecular formula is C32H37N3O3. The fraction of sp³-hybridized carbons (Fsp3) is 0.375. The van der Waals surface area contributed by atoms with Crippen molar-refractivity contribution in [3.63, 3.8) is 0 Å². The number of piperidine rings is 1. The van der Waals surface area contributed by atoms with Gasteiger partial charge in [0.15, 0.2) is 0 Å². The van der Waals surface area contributed by atoms with Crippen LogP contribution in [0.4, 0.5) is 11.4 Å². The third kappa shape index (κ3) is 6.43. The Morgan fingerprint density at radius 3 is 2.37 bits per heavy atom. The molecule has 2 atom stereocenters. The molecule has 0 radical (unpaired) electrons. The molecule has 1 saturated carbocycles. The van der Waals surface area contributed by atoms with Crippen LogP contribution in [0.2, 0.25) is 0 Å². The Balaban J connectivity index is 1.26. The van der Waals surface area contributed by atoms with Crippen LogP contribution in [-0.2, 0) is 16.0 Å². The maximum Gasteiger partial charge on any atom is 0.253 e. The van der Waals surface area contributed by atoms with Gasteiger partial charge >= 0.3 is 0 Å². The summed E-state index contributed by atoms with van der Waals surface area (Å²) in [6, 6.07) is 26.6. The van der Waals surface area contributed by atoms with E-state index in [1.807, 2.05) is 36.4 Å². The van der Waals surface area contributed by atoms with Crippen molar-refractivity contribution in [3.8, 4) is 0 Å². The highest BCUT2D eigenvalue weighted by Gasteiger charge is 2.43. The molecule has 198 valence electrons. The third-order valence-electron chi connectivity index (χ3n) is 7.78. The van der Waals surface area contributed by atoms with Crippen LogP contribution in [-0.4, -0.2) is 45.2 Å². The highest BCUT2D eigenvalue weighted by atomic mass is 16.5. The maximum atomic E-state index is 13.2. The van der Waals surface area contributed by atoms with Crippen LogP contribution in [0.3, 0.4) is 0 Å². The minimum absolute atomic E-state index is 0.0130. The highest BCUT2D eigenvalue weighted by molar-refractivity contribution is 6.02. The van der Waals surface area contributed by atoms with Crippen molar-refractivity contribution < 1.29 is 14.3 Å². The SMILES string of the molecule is COCCNC(=O)c1cc(NC(=O)C2CC2c2ccccc2)ccc1N1CCC(Cc2ccccc2)CC1. The van der Waals surface area contributed by atoms with Crippen molar-refractivity contribution in [2.24, 2.45) is 11.8 Å². The van der Waals surface area contributed by atoms with E-state index in [0.29, 0.717) is 30.3 Å². The van der Waals surface area contributed by atoms with E-state index in [1.54, 1.807) is 7.11 Å². The summed E-state index contributed by atoms with van der Waals surface area (Å²) >= 11 is 0. The molecule has 3 aromatic rings. The van der Waals surface area contributed by atoms with Gasteiger partial charge in [0.1, 0.15) is 0 Å². The summed E-state index contributed by atoms with van der Waals surface area (Å²) in [6.45, 7) is 2.70. The summed E-state index contributed by atoms with van der Waals surface area (Å²) in [5.41, 5.74) is 4.76. The molecule has 1 aliphatic carbocycles. The largest absolute Gasteiger partial charge is 0.383 e. The molecule has 1 heterocycles. The van der Waals surface area contributed by atoms with E-state index < -0.39 is 0 Å². The summed E-state index contributed by atoms with van der Waals surface area (Å²) in [7, 11) is 1.62. The van der Waals surface area contributed by atoms with Gasteiger partial charge in [-0.1, -0.05) is 60.7 Å². The lowest BCUT2D eigenvalue weighted by Gasteiger charge is -2.35. The van der Waals surface area contributed by atoms with Gasteiger partial charge in [-0.05, 0) is 66.8 Å². The lowest BCUT2D eigenvalue weighted by molar-refractivity contribution is -0.117. The van der Waals surface area contributed by atoms with E-state index >= 15 is 0 Å². The molecular weight excluding hydrogens is 474 g/mol. The smallest absolute Gasteiger partial charge is 0.253 e. The zero-order chi connectivity index (χ0) is 26.3. The summed E-state index contributed by atoms with van der Waals surface area (Å²) in [6.07, 6.45) is 4.12. The summed E-state index contributed by atoms with van der Waals surface area (Å²) in [5, 5.41) is 6.03. The molecule has 6 heteroatoms. The van der Waals surface area contributed by atoms with E-state index in [9.17, 15) is 9.59 Å². The number of hydrogen-bond acceptors (Lipinski definition) is 4. The summed E-state index contributed by atoms with van der Waals surface area (Å²) in [5.74, 6) is 0.749. The first kappa shape index (κ1) is 26.0. The third-order valence-corrected chi connectivity index (χ3v) is 7.78. The van der Waals surface area contributed by atoms with E-state index in [-0.39, 0.29) is 23.7 Å². The van der Waals surface area contributed by atoms with Gasteiger partial charge in [0.2, 0.25) is 5.91 Å². The second-order valence-corrected chi connectivity index (χ2v) is 10.4. The molecule has 38 heavy (non-hydrogen) atoms. The number of ether oxygens (including phenoxy) is 1. The predicted molar refractivity (Wildman–Crippen MR) is 152 cm³/mol. The number of nitrogens with zero attached hydrogens (tertiary/aromatic N) is 1. The standard InChI is InChI=1S/C32H37N3O3/c1-38-19-16-33-31(36)29-21-26(34-32(37)28-22-27(28)25-10-6-3-7-11-25)12-13-30(29)35-17-14-24(15-18-35)20-23-8-4-2-5-9-23/h2-13,21,24,27-28H,14-20,22H2,1H3,(H,33,36)(H,34,37). The Labute approximate surface area is 225 Å². The van der Waals surface area contributed by atoms with Gasteiger partial charge in [-0.25, -0.2) is 0 Å². The second kappa shape index (κ2) is 12.3. The number of carbonyl (C=O) groups excluding carboxylic acids is 2. The minimum Gasteiger partial charge on any atom is -0.383 e. The quantitative estimate of drug-likeness (QED) is 0.364. The number of hydrogen-bond donors (Lipinski definition) is 2. The van der Waals surface area contributed by atoms with Gasteiger partial charge < -0.3 is 20.3 Å². The average Bonchev–Trinajstić information content (AvgIpc) is 3.76. The highest BCUT2D eigenvalue weighted by Crippen LogP contribution is 2.48. The molecule has 3 aromatic carbocycles. The molecule has 2 fully saturated rings. The van der Waals surface area contributed by atoms with Gasteiger partial charge in [-0.15, -0.1) is 0 Å². The van der Waals surface area contributed by atoms with Crippen LogP contribution in [0.1, 0.15) is 46.7 Å². The molecule has 0 spiro atoms. The number of amides is 2. The van der Waals surface area contributed by atoms with Crippen molar-refractivity contribution in [1.29, 1.82) is 0 Å². The lowest BCUT2D eigenvalue weighted by Crippen LogP contribution is -2.36. The van der Waals surface area contributed by atoms with E-state index in [1.165, 1.54) is 11.1 Å². The van der Waals surface area contributed by atoms with E-state index in [4.69, 9.17) is 4.74 Å². The Hall–Kier alpha value is -3.64. The van der Waals surface area contributed by atoms with Gasteiger partial charge in [0.25, 0.3) is 5.91 Å². The molecule has 2 N–H and O–H groups in total. The topological polar surface area (TPSA) is 70.7 Å². The van der Waals surface area contributed by atoms with Gasteiger partial charge in [0, 0.05) is 44.0 Å². The molecule has 0 aromatic heterocycles. The van der Waals surface area contributed by atoms with Gasteiger partial charge in [0.05, 0.1) is 12.2 Å². The first-order valence-electron chi connectivity index (χ1n) is 13.7. The minimum atomic E-state index is -0.145. The van der Waals surface area contributed by atoms with E-state index in [2.05, 4.69) is 58.0 Å². The van der Waals surface area contributed by atoms with Crippen LogP contribution >= 0.6 is 0 Å². The van der Waals surface area contributed by atoms with Crippen LogP contribution < -0.4 is 15.5 Å². The van der Waals surface area contributed by atoms with Crippen molar-refractivity contribution in [2.75, 3.05) is 43.6 Å². The maximum absolute atomic E-state index is 13.2. The summed E-state index contributed by atoms with van der Waals surface area (Å²) in [4.78, 5) is 28.5. The number of nitrogens with one attached hydrogen (secondary N) is 2. The zero-order valence-electron chi connectivity index (χ0n) is 22.1. The molecule has 5 rings (SSSR count). The normalized spacial score (nSPS) is 19.1. The Bertz CT molecular complexity index is 1220. The van der Waals surface area contributed by atoms with E-state index in [0.717, 1.165) is 44.5 Å². The second-order valence-electron chi connectivity index (χ2n) is 10.4. The molecule has 0 bridgehead atoms.